The molecule has 1 amide bonds. The van der Waals surface area contributed by atoms with E-state index in [1.165, 1.54) is 19.1 Å². The monoisotopic (exact) mass is 279 g/mol. The number of hydrogen-bond acceptors (Lipinski definition) is 4. The van der Waals surface area contributed by atoms with E-state index in [2.05, 4.69) is 0 Å². The minimum Gasteiger partial charge on any atom is -0.464 e. The standard InChI is InChI=1S/C14H14FNO4/c1-3-20-13(19)14(2)8-11(17)12(18)16(14)10-6-4-9(15)5-7-10/h4-7H,3,8H2,1-2H3/t14-/m0/s1. The van der Waals surface area contributed by atoms with E-state index in [9.17, 15) is 18.8 Å². The first-order valence-electron chi connectivity index (χ1n) is 6.20. The van der Waals surface area contributed by atoms with Gasteiger partial charge in [-0.15, -0.1) is 0 Å². The highest BCUT2D eigenvalue weighted by atomic mass is 19.1. The summed E-state index contributed by atoms with van der Waals surface area (Å²) in [7, 11) is 0. The van der Waals surface area contributed by atoms with Gasteiger partial charge in [0.1, 0.15) is 11.4 Å². The Morgan fingerprint density at radius 2 is 1.95 bits per heavy atom. The van der Waals surface area contributed by atoms with Crippen molar-refractivity contribution >= 4 is 23.3 Å². The highest BCUT2D eigenvalue weighted by Crippen LogP contribution is 2.34. The average Bonchev–Trinajstić information content (AvgIpc) is 2.63. The Morgan fingerprint density at radius 1 is 1.35 bits per heavy atom. The third-order valence-corrected chi connectivity index (χ3v) is 3.24. The summed E-state index contributed by atoms with van der Waals surface area (Å²) in [6.07, 6.45) is -0.248. The lowest BCUT2D eigenvalue weighted by Crippen LogP contribution is -2.50. The fourth-order valence-electron chi connectivity index (χ4n) is 2.26. The summed E-state index contributed by atoms with van der Waals surface area (Å²) < 4.78 is 17.9. The lowest BCUT2D eigenvalue weighted by molar-refractivity contribution is -0.149. The van der Waals surface area contributed by atoms with Crippen LogP contribution in [0, 0.1) is 5.82 Å². The first-order valence-corrected chi connectivity index (χ1v) is 6.20. The third kappa shape index (κ3) is 2.17. The molecule has 1 heterocycles. The van der Waals surface area contributed by atoms with Gasteiger partial charge in [-0.2, -0.15) is 0 Å². The van der Waals surface area contributed by atoms with Crippen molar-refractivity contribution in [3.8, 4) is 0 Å². The van der Waals surface area contributed by atoms with Crippen LogP contribution >= 0.6 is 0 Å². The maximum Gasteiger partial charge on any atom is 0.332 e. The number of anilines is 1. The lowest BCUT2D eigenvalue weighted by Gasteiger charge is -2.31. The minimum absolute atomic E-state index is 0.147. The lowest BCUT2D eigenvalue weighted by atomic mass is 9.98. The molecule has 0 unspecified atom stereocenters. The second kappa shape index (κ2) is 5.03. The van der Waals surface area contributed by atoms with Crippen molar-refractivity contribution in [2.24, 2.45) is 0 Å². The number of ketones is 1. The van der Waals surface area contributed by atoms with E-state index >= 15 is 0 Å². The maximum atomic E-state index is 13.0. The number of nitrogens with zero attached hydrogens (tertiary/aromatic N) is 1. The summed E-state index contributed by atoms with van der Waals surface area (Å²) in [4.78, 5) is 36.8. The summed E-state index contributed by atoms with van der Waals surface area (Å²) in [6.45, 7) is 3.26. The van der Waals surface area contributed by atoms with Crippen LogP contribution in [-0.4, -0.2) is 29.8 Å². The van der Waals surface area contributed by atoms with E-state index in [-0.39, 0.29) is 18.7 Å². The van der Waals surface area contributed by atoms with Gasteiger partial charge >= 0.3 is 5.97 Å². The first kappa shape index (κ1) is 14.2. The van der Waals surface area contributed by atoms with Gasteiger partial charge in [0.2, 0.25) is 5.78 Å². The van der Waals surface area contributed by atoms with E-state index < -0.39 is 29.0 Å². The van der Waals surface area contributed by atoms with Crippen LogP contribution in [0.4, 0.5) is 10.1 Å². The van der Waals surface area contributed by atoms with E-state index in [1.54, 1.807) is 6.92 Å². The van der Waals surface area contributed by atoms with E-state index in [1.807, 2.05) is 0 Å². The summed E-state index contributed by atoms with van der Waals surface area (Å²) in [6, 6.07) is 5.03. The van der Waals surface area contributed by atoms with E-state index in [4.69, 9.17) is 4.74 Å². The molecule has 1 saturated heterocycles. The Morgan fingerprint density at radius 3 is 2.50 bits per heavy atom. The van der Waals surface area contributed by atoms with Crippen molar-refractivity contribution in [2.45, 2.75) is 25.8 Å². The van der Waals surface area contributed by atoms with Crippen LogP contribution in [0.25, 0.3) is 0 Å². The molecule has 0 spiro atoms. The fourth-order valence-corrected chi connectivity index (χ4v) is 2.26. The molecule has 1 atom stereocenters. The SMILES string of the molecule is CCOC(=O)[C@]1(C)CC(=O)C(=O)N1c1ccc(F)cc1. The average molecular weight is 279 g/mol. The molecule has 1 aromatic rings. The predicted octanol–water partition coefficient (Wildman–Crippen LogP) is 1.45. The molecular weight excluding hydrogens is 265 g/mol. The highest BCUT2D eigenvalue weighted by Gasteiger charge is 2.54. The van der Waals surface area contributed by atoms with Crippen LogP contribution in [0.5, 0.6) is 0 Å². The zero-order valence-corrected chi connectivity index (χ0v) is 11.2. The van der Waals surface area contributed by atoms with Gasteiger partial charge in [0.05, 0.1) is 13.0 Å². The summed E-state index contributed by atoms with van der Waals surface area (Å²) in [5.74, 6) is -2.56. The Labute approximate surface area is 115 Å². The molecule has 1 fully saturated rings. The van der Waals surface area contributed by atoms with E-state index in [0.717, 1.165) is 17.0 Å². The molecule has 1 aliphatic heterocycles. The Kier molecular flexibility index (Phi) is 3.57. The molecule has 1 aliphatic rings. The van der Waals surface area contributed by atoms with Crippen LogP contribution in [0.1, 0.15) is 20.3 Å². The van der Waals surface area contributed by atoms with Gasteiger partial charge < -0.3 is 4.74 Å². The molecule has 0 bridgehead atoms. The summed E-state index contributed by atoms with van der Waals surface area (Å²) in [5, 5.41) is 0. The van der Waals surface area contributed by atoms with Gasteiger partial charge in [0.15, 0.2) is 0 Å². The molecule has 1 aromatic carbocycles. The molecule has 106 valence electrons. The van der Waals surface area contributed by atoms with E-state index in [0.29, 0.717) is 0 Å². The number of Topliss-reactive ketones (excluding diaryl/α,β-unsaturated/α-hetero) is 1. The molecule has 2 rings (SSSR count). The van der Waals surface area contributed by atoms with Crippen LogP contribution in [-0.2, 0) is 19.1 Å². The number of amides is 1. The Balaban J connectivity index is 2.45. The Bertz CT molecular complexity index is 569. The maximum absolute atomic E-state index is 13.0. The van der Waals surface area contributed by atoms with Gasteiger partial charge in [-0.1, -0.05) is 0 Å². The van der Waals surface area contributed by atoms with Crippen molar-refractivity contribution in [3.63, 3.8) is 0 Å². The smallest absolute Gasteiger partial charge is 0.332 e. The predicted molar refractivity (Wildman–Crippen MR) is 68.5 cm³/mol. The fraction of sp³-hybridized carbons (Fsp3) is 0.357. The second-order valence-electron chi connectivity index (χ2n) is 4.71. The van der Waals surface area contributed by atoms with Crippen molar-refractivity contribution in [2.75, 3.05) is 11.5 Å². The molecule has 20 heavy (non-hydrogen) atoms. The number of esters is 1. The molecular formula is C14H14FNO4. The second-order valence-corrected chi connectivity index (χ2v) is 4.71. The van der Waals surface area contributed by atoms with Crippen molar-refractivity contribution in [1.82, 2.24) is 0 Å². The van der Waals surface area contributed by atoms with Crippen molar-refractivity contribution in [1.29, 1.82) is 0 Å². The normalized spacial score (nSPS) is 22.2. The quantitative estimate of drug-likeness (QED) is 0.620. The summed E-state index contributed by atoms with van der Waals surface area (Å²) in [5.41, 5.74) is -1.10. The molecule has 0 aromatic heterocycles. The topological polar surface area (TPSA) is 63.7 Å². The number of ether oxygens (including phenoxy) is 1. The van der Waals surface area contributed by atoms with Crippen LogP contribution in [0.2, 0.25) is 0 Å². The van der Waals surface area contributed by atoms with Crippen molar-refractivity contribution < 1.29 is 23.5 Å². The molecule has 0 saturated carbocycles. The number of carbonyl (C=O) groups excluding carboxylic acids is 3. The molecule has 6 heteroatoms. The minimum atomic E-state index is -1.39. The number of rotatable bonds is 3. The van der Waals surface area contributed by atoms with Gasteiger partial charge in [-0.05, 0) is 38.1 Å². The first-order chi connectivity index (χ1) is 9.40. The zero-order valence-electron chi connectivity index (χ0n) is 11.2. The molecule has 0 N–H and O–H groups in total. The van der Waals surface area contributed by atoms with Crippen molar-refractivity contribution in [3.05, 3.63) is 30.1 Å². The Hall–Kier alpha value is -2.24. The molecule has 0 aliphatic carbocycles. The van der Waals surface area contributed by atoms with Gasteiger partial charge in [-0.25, -0.2) is 9.18 Å². The summed E-state index contributed by atoms with van der Waals surface area (Å²) >= 11 is 0. The number of carbonyl (C=O) groups is 3. The van der Waals surface area contributed by atoms with Crippen LogP contribution in [0.3, 0.4) is 0 Å². The number of benzene rings is 1. The number of halogens is 1. The van der Waals surface area contributed by atoms with Crippen LogP contribution in [0.15, 0.2) is 24.3 Å². The molecule has 0 radical (unpaired) electrons. The highest BCUT2D eigenvalue weighted by molar-refractivity contribution is 6.46. The van der Waals surface area contributed by atoms with Gasteiger partial charge in [0.25, 0.3) is 5.91 Å². The third-order valence-electron chi connectivity index (χ3n) is 3.24. The van der Waals surface area contributed by atoms with Gasteiger partial charge in [-0.3, -0.25) is 14.5 Å². The van der Waals surface area contributed by atoms with Gasteiger partial charge in [0, 0.05) is 5.69 Å². The van der Waals surface area contributed by atoms with Crippen LogP contribution < -0.4 is 4.90 Å². The largest absolute Gasteiger partial charge is 0.464 e. The number of hydrogen-bond donors (Lipinski definition) is 0. The molecule has 5 nitrogen and oxygen atoms in total. The zero-order chi connectivity index (χ0) is 14.9.